The van der Waals surface area contributed by atoms with Crippen molar-refractivity contribution in [3.8, 4) is 0 Å². The van der Waals surface area contributed by atoms with Crippen molar-refractivity contribution in [1.29, 1.82) is 0 Å². The van der Waals surface area contributed by atoms with Gasteiger partial charge in [0.2, 0.25) is 0 Å². The van der Waals surface area contributed by atoms with Gasteiger partial charge in [0.1, 0.15) is 0 Å². The van der Waals surface area contributed by atoms with Crippen LogP contribution >= 0.6 is 0 Å². The molecular weight excluding hydrogens is 162 g/mol. The van der Waals surface area contributed by atoms with E-state index in [1.807, 2.05) is 0 Å². The highest BCUT2D eigenvalue weighted by atomic mass is 16.3. The van der Waals surface area contributed by atoms with Crippen molar-refractivity contribution in [1.82, 2.24) is 5.32 Å². The first-order valence-corrected chi connectivity index (χ1v) is 5.58. The van der Waals surface area contributed by atoms with Gasteiger partial charge in [0, 0.05) is 12.6 Å². The van der Waals surface area contributed by atoms with Crippen molar-refractivity contribution in [2.24, 2.45) is 11.8 Å². The second-order valence-corrected chi connectivity index (χ2v) is 4.57. The molecule has 1 aliphatic rings. The van der Waals surface area contributed by atoms with Crippen LogP contribution in [0.25, 0.3) is 0 Å². The molecule has 0 aliphatic heterocycles. The summed E-state index contributed by atoms with van der Waals surface area (Å²) in [5.74, 6) is 1.55. The molecule has 0 radical (unpaired) electrons. The summed E-state index contributed by atoms with van der Waals surface area (Å²) in [6, 6.07) is 0.505. The summed E-state index contributed by atoms with van der Waals surface area (Å²) in [7, 11) is 0. The van der Waals surface area contributed by atoms with Gasteiger partial charge in [-0.05, 0) is 37.6 Å². The van der Waals surface area contributed by atoms with E-state index >= 15 is 0 Å². The van der Waals surface area contributed by atoms with Crippen molar-refractivity contribution in [3.63, 3.8) is 0 Å². The Morgan fingerprint density at radius 2 is 2.08 bits per heavy atom. The third-order valence-electron chi connectivity index (χ3n) is 3.14. The van der Waals surface area contributed by atoms with Crippen molar-refractivity contribution < 1.29 is 5.11 Å². The van der Waals surface area contributed by atoms with Crippen LogP contribution < -0.4 is 5.32 Å². The third-order valence-corrected chi connectivity index (χ3v) is 3.14. The van der Waals surface area contributed by atoms with Gasteiger partial charge in [-0.15, -0.1) is 0 Å². The monoisotopic (exact) mass is 185 g/mol. The van der Waals surface area contributed by atoms with Crippen molar-refractivity contribution >= 4 is 0 Å². The summed E-state index contributed by atoms with van der Waals surface area (Å²) in [4.78, 5) is 0. The SMILES string of the molecule is CC(C)C(CCO)NCC1CCC1. The molecule has 1 unspecified atom stereocenters. The van der Waals surface area contributed by atoms with Crippen LogP contribution in [-0.4, -0.2) is 24.3 Å². The van der Waals surface area contributed by atoms with E-state index in [4.69, 9.17) is 5.11 Å². The average Bonchev–Trinajstić information content (AvgIpc) is 1.99. The highest BCUT2D eigenvalue weighted by molar-refractivity contribution is 4.76. The van der Waals surface area contributed by atoms with E-state index in [2.05, 4.69) is 19.2 Å². The lowest BCUT2D eigenvalue weighted by Gasteiger charge is -2.29. The van der Waals surface area contributed by atoms with Gasteiger partial charge in [-0.2, -0.15) is 0 Å². The van der Waals surface area contributed by atoms with E-state index in [0.29, 0.717) is 18.6 Å². The standard InChI is InChI=1S/C11H23NO/c1-9(2)11(6-7-13)12-8-10-4-3-5-10/h9-13H,3-8H2,1-2H3. The molecule has 1 rings (SSSR count). The Bertz CT molecular complexity index is 132. The van der Waals surface area contributed by atoms with Crippen LogP contribution in [0.3, 0.4) is 0 Å². The molecular formula is C11H23NO. The summed E-state index contributed by atoms with van der Waals surface area (Å²) in [6.07, 6.45) is 5.11. The maximum atomic E-state index is 8.88. The molecule has 1 fully saturated rings. The Hall–Kier alpha value is -0.0800. The van der Waals surface area contributed by atoms with Crippen molar-refractivity contribution in [3.05, 3.63) is 0 Å². The summed E-state index contributed by atoms with van der Waals surface area (Å²) < 4.78 is 0. The van der Waals surface area contributed by atoms with Gasteiger partial charge in [0.25, 0.3) is 0 Å². The maximum Gasteiger partial charge on any atom is 0.0445 e. The van der Waals surface area contributed by atoms with Crippen LogP contribution in [-0.2, 0) is 0 Å². The molecule has 0 spiro atoms. The second kappa shape index (κ2) is 5.61. The zero-order chi connectivity index (χ0) is 9.68. The number of rotatable bonds is 6. The van der Waals surface area contributed by atoms with Gasteiger partial charge < -0.3 is 10.4 Å². The molecule has 13 heavy (non-hydrogen) atoms. The lowest BCUT2D eigenvalue weighted by Crippen LogP contribution is -2.39. The average molecular weight is 185 g/mol. The van der Waals surface area contributed by atoms with E-state index in [1.54, 1.807) is 0 Å². The minimum atomic E-state index is 0.306. The maximum absolute atomic E-state index is 8.88. The molecule has 1 saturated carbocycles. The van der Waals surface area contributed by atoms with Gasteiger partial charge in [0.15, 0.2) is 0 Å². The Balaban J connectivity index is 2.12. The van der Waals surface area contributed by atoms with E-state index in [0.717, 1.165) is 18.9 Å². The van der Waals surface area contributed by atoms with Gasteiger partial charge in [0.05, 0.1) is 0 Å². The molecule has 78 valence electrons. The first-order chi connectivity index (χ1) is 6.24. The van der Waals surface area contributed by atoms with Crippen molar-refractivity contribution in [2.45, 2.75) is 45.6 Å². The number of nitrogens with one attached hydrogen (secondary N) is 1. The fourth-order valence-electron chi connectivity index (χ4n) is 1.83. The molecule has 0 aromatic heterocycles. The van der Waals surface area contributed by atoms with E-state index in [-0.39, 0.29) is 0 Å². The molecule has 0 amide bonds. The summed E-state index contributed by atoms with van der Waals surface area (Å²) in [5, 5.41) is 12.4. The molecule has 1 aliphatic carbocycles. The first-order valence-electron chi connectivity index (χ1n) is 5.58. The Morgan fingerprint density at radius 3 is 2.46 bits per heavy atom. The molecule has 0 aromatic carbocycles. The Labute approximate surface area is 81.7 Å². The fourth-order valence-corrected chi connectivity index (χ4v) is 1.83. The molecule has 2 nitrogen and oxygen atoms in total. The first kappa shape index (κ1) is 11.0. The largest absolute Gasteiger partial charge is 0.396 e. The molecule has 0 heterocycles. The predicted molar refractivity (Wildman–Crippen MR) is 55.7 cm³/mol. The fraction of sp³-hybridized carbons (Fsp3) is 1.00. The molecule has 0 aromatic rings. The smallest absolute Gasteiger partial charge is 0.0445 e. The highest BCUT2D eigenvalue weighted by Gasteiger charge is 2.19. The van der Waals surface area contributed by atoms with Crippen LogP contribution in [0.15, 0.2) is 0 Å². The Morgan fingerprint density at radius 1 is 1.38 bits per heavy atom. The predicted octanol–water partition coefficient (Wildman–Crippen LogP) is 1.78. The quantitative estimate of drug-likeness (QED) is 0.661. The van der Waals surface area contributed by atoms with Crippen LogP contribution in [0.2, 0.25) is 0 Å². The van der Waals surface area contributed by atoms with Crippen LogP contribution in [0.4, 0.5) is 0 Å². The molecule has 1 atom stereocenters. The van der Waals surface area contributed by atoms with Crippen LogP contribution in [0, 0.1) is 11.8 Å². The minimum Gasteiger partial charge on any atom is -0.396 e. The second-order valence-electron chi connectivity index (χ2n) is 4.57. The van der Waals surface area contributed by atoms with E-state index in [1.165, 1.54) is 19.3 Å². The van der Waals surface area contributed by atoms with Gasteiger partial charge in [-0.3, -0.25) is 0 Å². The lowest BCUT2D eigenvalue weighted by atomic mass is 9.85. The minimum absolute atomic E-state index is 0.306. The normalized spacial score (nSPS) is 20.3. The highest BCUT2D eigenvalue weighted by Crippen LogP contribution is 2.25. The molecule has 2 N–H and O–H groups in total. The summed E-state index contributed by atoms with van der Waals surface area (Å²) >= 11 is 0. The topological polar surface area (TPSA) is 32.3 Å². The number of hydrogen-bond acceptors (Lipinski definition) is 2. The van der Waals surface area contributed by atoms with Crippen LogP contribution in [0.5, 0.6) is 0 Å². The number of aliphatic hydroxyl groups excluding tert-OH is 1. The summed E-state index contributed by atoms with van der Waals surface area (Å²) in [5.41, 5.74) is 0. The number of hydrogen-bond donors (Lipinski definition) is 2. The van der Waals surface area contributed by atoms with E-state index < -0.39 is 0 Å². The molecule has 2 heteroatoms. The zero-order valence-electron chi connectivity index (χ0n) is 8.92. The zero-order valence-corrected chi connectivity index (χ0v) is 8.92. The van der Waals surface area contributed by atoms with Crippen LogP contribution in [0.1, 0.15) is 39.5 Å². The van der Waals surface area contributed by atoms with Crippen molar-refractivity contribution in [2.75, 3.05) is 13.2 Å². The Kier molecular flexibility index (Phi) is 4.74. The van der Waals surface area contributed by atoms with Gasteiger partial charge in [-0.25, -0.2) is 0 Å². The summed E-state index contributed by atoms with van der Waals surface area (Å²) in [6.45, 7) is 5.89. The van der Waals surface area contributed by atoms with E-state index in [9.17, 15) is 0 Å². The molecule has 0 bridgehead atoms. The van der Waals surface area contributed by atoms with Gasteiger partial charge in [-0.1, -0.05) is 20.3 Å². The number of aliphatic hydroxyl groups is 1. The molecule has 0 saturated heterocycles. The lowest BCUT2D eigenvalue weighted by molar-refractivity contribution is 0.224. The third kappa shape index (κ3) is 3.65. The van der Waals surface area contributed by atoms with Gasteiger partial charge >= 0.3 is 0 Å².